The molecule has 154 valence electrons. The van der Waals surface area contributed by atoms with Crippen molar-refractivity contribution in [2.24, 2.45) is 0 Å². The number of pyridine rings is 2. The number of fused-ring (bicyclic) bond motifs is 5. The van der Waals surface area contributed by atoms with E-state index in [1.807, 2.05) is 20.2 Å². The molecule has 0 saturated heterocycles. The molecule has 7 heteroatoms. The van der Waals surface area contributed by atoms with Gasteiger partial charge in [0, 0.05) is 23.1 Å². The standard InChI is InChI=1S/C23H23N3O4/c1-4-23(29)17-9-19-20-15(11-26(19)21(27)16(17)12-30-22(23)28)8-14-7-13(10-25(2)3)5-6-18(14)24-20/h5-9,29H,4,10-12H2,1-3H3/t23-/m0/s1. The number of carbonyl (C=O) groups is 1. The normalized spacial score (nSPS) is 19.6. The average molecular weight is 405 g/mol. The van der Waals surface area contributed by atoms with Crippen molar-refractivity contribution < 1.29 is 14.6 Å². The molecule has 30 heavy (non-hydrogen) atoms. The summed E-state index contributed by atoms with van der Waals surface area (Å²) in [4.78, 5) is 32.4. The lowest BCUT2D eigenvalue weighted by molar-refractivity contribution is -0.172. The smallest absolute Gasteiger partial charge is 0.343 e. The van der Waals surface area contributed by atoms with E-state index in [1.165, 1.54) is 5.56 Å². The fourth-order valence-corrected chi connectivity index (χ4v) is 4.50. The Kier molecular flexibility index (Phi) is 4.10. The lowest BCUT2D eigenvalue weighted by Crippen LogP contribution is -2.44. The molecule has 0 bridgehead atoms. The number of cyclic esters (lactones) is 1. The van der Waals surface area contributed by atoms with Gasteiger partial charge in [0.25, 0.3) is 5.56 Å². The molecular weight excluding hydrogens is 382 g/mol. The summed E-state index contributed by atoms with van der Waals surface area (Å²) in [5.41, 5.74) is 2.99. The van der Waals surface area contributed by atoms with Gasteiger partial charge in [0.2, 0.25) is 0 Å². The molecule has 1 atom stereocenters. The van der Waals surface area contributed by atoms with Gasteiger partial charge >= 0.3 is 5.97 Å². The largest absolute Gasteiger partial charge is 0.458 e. The summed E-state index contributed by atoms with van der Waals surface area (Å²) in [6.07, 6.45) is 0.133. The van der Waals surface area contributed by atoms with E-state index in [1.54, 1.807) is 17.6 Å². The van der Waals surface area contributed by atoms with E-state index in [0.29, 0.717) is 23.4 Å². The molecule has 0 radical (unpaired) electrons. The van der Waals surface area contributed by atoms with Gasteiger partial charge in [0.15, 0.2) is 5.60 Å². The minimum atomic E-state index is -1.80. The van der Waals surface area contributed by atoms with Gasteiger partial charge in [-0.15, -0.1) is 0 Å². The molecule has 0 unspecified atom stereocenters. The number of rotatable bonds is 3. The van der Waals surface area contributed by atoms with Gasteiger partial charge in [-0.3, -0.25) is 4.79 Å². The molecule has 0 fully saturated rings. The van der Waals surface area contributed by atoms with Crippen LogP contribution in [-0.4, -0.2) is 39.6 Å². The lowest BCUT2D eigenvalue weighted by atomic mass is 9.86. The highest BCUT2D eigenvalue weighted by Crippen LogP contribution is 2.38. The van der Waals surface area contributed by atoms with E-state index in [0.717, 1.165) is 28.7 Å². The third-order valence-corrected chi connectivity index (χ3v) is 6.07. The van der Waals surface area contributed by atoms with Gasteiger partial charge in [-0.2, -0.15) is 0 Å². The minimum absolute atomic E-state index is 0.116. The summed E-state index contributed by atoms with van der Waals surface area (Å²) < 4.78 is 6.77. The monoisotopic (exact) mass is 405 g/mol. The summed E-state index contributed by atoms with van der Waals surface area (Å²) in [7, 11) is 4.06. The maximum absolute atomic E-state index is 13.2. The Labute approximate surface area is 173 Å². The molecule has 5 rings (SSSR count). The van der Waals surface area contributed by atoms with E-state index in [2.05, 4.69) is 23.1 Å². The fraction of sp³-hybridized carbons (Fsp3) is 0.348. The highest BCUT2D eigenvalue weighted by atomic mass is 16.6. The Morgan fingerprint density at radius 3 is 2.77 bits per heavy atom. The number of carbonyl (C=O) groups excluding carboxylic acids is 1. The van der Waals surface area contributed by atoms with Gasteiger partial charge in [-0.05, 0) is 50.3 Å². The molecule has 2 aromatic heterocycles. The van der Waals surface area contributed by atoms with Crippen molar-refractivity contribution in [3.63, 3.8) is 0 Å². The Morgan fingerprint density at radius 2 is 2.03 bits per heavy atom. The van der Waals surface area contributed by atoms with Crippen molar-refractivity contribution in [2.45, 2.75) is 38.6 Å². The molecular formula is C23H23N3O4. The molecule has 1 aromatic carbocycles. The summed E-state index contributed by atoms with van der Waals surface area (Å²) in [6, 6.07) is 10.00. The van der Waals surface area contributed by atoms with Gasteiger partial charge in [0.05, 0.1) is 29.0 Å². The molecule has 0 spiro atoms. The van der Waals surface area contributed by atoms with E-state index >= 15 is 0 Å². The molecule has 0 saturated carbocycles. The molecule has 1 N–H and O–H groups in total. The molecule has 0 amide bonds. The zero-order valence-corrected chi connectivity index (χ0v) is 17.2. The first kappa shape index (κ1) is 19.0. The van der Waals surface area contributed by atoms with Crippen LogP contribution in [0.5, 0.6) is 0 Å². The van der Waals surface area contributed by atoms with Crippen LogP contribution in [0.2, 0.25) is 0 Å². The van der Waals surface area contributed by atoms with Crippen LogP contribution in [0.25, 0.3) is 22.3 Å². The highest BCUT2D eigenvalue weighted by Gasteiger charge is 2.45. The van der Waals surface area contributed by atoms with Crippen LogP contribution in [0.15, 0.2) is 35.1 Å². The number of aliphatic hydroxyl groups is 1. The van der Waals surface area contributed by atoms with Crippen LogP contribution in [-0.2, 0) is 34.8 Å². The van der Waals surface area contributed by atoms with Crippen LogP contribution >= 0.6 is 0 Å². The number of benzene rings is 1. The Balaban J connectivity index is 1.69. The van der Waals surface area contributed by atoms with Crippen LogP contribution in [0.1, 0.15) is 35.6 Å². The Hall–Kier alpha value is -3.03. The first-order valence-electron chi connectivity index (χ1n) is 10.1. The topological polar surface area (TPSA) is 84.7 Å². The number of ether oxygens (including phenoxy) is 1. The summed E-state index contributed by atoms with van der Waals surface area (Å²) in [6.45, 7) is 2.83. The van der Waals surface area contributed by atoms with Gasteiger partial charge in [0.1, 0.15) is 6.61 Å². The first-order chi connectivity index (χ1) is 14.3. The predicted octanol–water partition coefficient (Wildman–Crippen LogP) is 2.14. The van der Waals surface area contributed by atoms with Crippen LogP contribution in [0.4, 0.5) is 0 Å². The first-order valence-corrected chi connectivity index (χ1v) is 10.1. The second kappa shape index (κ2) is 6.48. The number of esters is 1. The molecule has 7 nitrogen and oxygen atoms in total. The minimum Gasteiger partial charge on any atom is -0.458 e. The SMILES string of the molecule is CC[C@@]1(O)C(=O)OCc2c1cc1n(c2=O)Cc2cc3cc(CN(C)C)ccc3nc2-1. The maximum atomic E-state index is 13.2. The van der Waals surface area contributed by atoms with Crippen molar-refractivity contribution in [1.82, 2.24) is 14.5 Å². The van der Waals surface area contributed by atoms with Crippen LogP contribution in [0, 0.1) is 0 Å². The molecule has 4 heterocycles. The maximum Gasteiger partial charge on any atom is 0.343 e. The number of nitrogens with zero attached hydrogens (tertiary/aromatic N) is 3. The number of hydrogen-bond donors (Lipinski definition) is 1. The van der Waals surface area contributed by atoms with E-state index in [-0.39, 0.29) is 18.6 Å². The zero-order chi connectivity index (χ0) is 21.2. The predicted molar refractivity (Wildman–Crippen MR) is 112 cm³/mol. The van der Waals surface area contributed by atoms with Gasteiger partial charge < -0.3 is 19.3 Å². The third-order valence-electron chi connectivity index (χ3n) is 6.07. The van der Waals surface area contributed by atoms with Crippen molar-refractivity contribution in [2.75, 3.05) is 14.1 Å². The highest BCUT2D eigenvalue weighted by molar-refractivity contribution is 5.86. The quantitative estimate of drug-likeness (QED) is 0.526. The van der Waals surface area contributed by atoms with Crippen molar-refractivity contribution in [1.29, 1.82) is 0 Å². The number of hydrogen-bond acceptors (Lipinski definition) is 6. The van der Waals surface area contributed by atoms with E-state index < -0.39 is 11.6 Å². The molecule has 2 aliphatic heterocycles. The van der Waals surface area contributed by atoms with E-state index in [9.17, 15) is 14.7 Å². The van der Waals surface area contributed by atoms with Crippen molar-refractivity contribution >= 4 is 16.9 Å². The Bertz CT molecular complexity index is 1280. The lowest BCUT2D eigenvalue weighted by Gasteiger charge is -2.31. The van der Waals surface area contributed by atoms with Crippen molar-refractivity contribution in [3.05, 3.63) is 62.9 Å². The summed E-state index contributed by atoms with van der Waals surface area (Å²) >= 11 is 0. The van der Waals surface area contributed by atoms with E-state index in [4.69, 9.17) is 9.72 Å². The summed E-state index contributed by atoms with van der Waals surface area (Å²) in [5, 5.41) is 12.0. The zero-order valence-electron chi connectivity index (χ0n) is 17.2. The summed E-state index contributed by atoms with van der Waals surface area (Å²) in [5.74, 6) is -0.708. The molecule has 3 aromatic rings. The van der Waals surface area contributed by atoms with Gasteiger partial charge in [-0.25, -0.2) is 9.78 Å². The van der Waals surface area contributed by atoms with Crippen molar-refractivity contribution in [3.8, 4) is 11.4 Å². The molecule has 2 aliphatic rings. The third kappa shape index (κ3) is 2.62. The fourth-order valence-electron chi connectivity index (χ4n) is 4.50. The average Bonchev–Trinajstić information content (AvgIpc) is 3.07. The van der Waals surface area contributed by atoms with Crippen LogP contribution in [0.3, 0.4) is 0 Å². The Morgan fingerprint density at radius 1 is 1.23 bits per heavy atom. The second-order valence-corrected chi connectivity index (χ2v) is 8.36. The second-order valence-electron chi connectivity index (χ2n) is 8.36. The van der Waals surface area contributed by atoms with Crippen LogP contribution < -0.4 is 5.56 Å². The van der Waals surface area contributed by atoms with Gasteiger partial charge in [-0.1, -0.05) is 13.0 Å². The number of aromatic nitrogens is 2. The molecule has 0 aliphatic carbocycles.